The number of nitrogens with one attached hydrogen (secondary N) is 1. The van der Waals surface area contributed by atoms with Crippen molar-refractivity contribution in [2.45, 2.75) is 187 Å². The van der Waals surface area contributed by atoms with Crippen molar-refractivity contribution < 1.29 is 32.9 Å². The van der Waals surface area contributed by atoms with Crippen LogP contribution in [0.5, 0.6) is 0 Å². The lowest BCUT2D eigenvalue weighted by molar-refractivity contribution is -0.870. The fourth-order valence-corrected chi connectivity index (χ4v) is 6.78. The van der Waals surface area contributed by atoms with E-state index < -0.39 is 26.6 Å². The number of phosphoric ester groups is 1. The van der Waals surface area contributed by atoms with Gasteiger partial charge in [-0.05, 0) is 57.8 Å². The van der Waals surface area contributed by atoms with Gasteiger partial charge in [-0.1, -0.05) is 183 Å². The van der Waals surface area contributed by atoms with Crippen molar-refractivity contribution in [2.75, 3.05) is 40.9 Å². The normalized spacial score (nSPS) is 15.0. The van der Waals surface area contributed by atoms with Crippen LogP contribution in [0.3, 0.4) is 0 Å². The molecule has 0 spiro atoms. The van der Waals surface area contributed by atoms with Crippen LogP contribution < -0.4 is 10.2 Å². The second-order valence-corrected chi connectivity index (χ2v) is 17.8. The minimum atomic E-state index is -4.62. The molecule has 1 amide bonds. The molecule has 0 saturated heterocycles. The van der Waals surface area contributed by atoms with Gasteiger partial charge >= 0.3 is 0 Å². The molecule has 2 N–H and O–H groups in total. The van der Waals surface area contributed by atoms with E-state index in [-0.39, 0.29) is 18.9 Å². The molecule has 0 aliphatic rings. The van der Waals surface area contributed by atoms with Crippen molar-refractivity contribution >= 4 is 13.7 Å². The van der Waals surface area contributed by atoms with Crippen molar-refractivity contribution in [3.63, 3.8) is 0 Å². The molecule has 0 aliphatic heterocycles. The highest BCUT2D eigenvalue weighted by Gasteiger charge is 2.23. The lowest BCUT2D eigenvalue weighted by Crippen LogP contribution is -2.45. The van der Waals surface area contributed by atoms with E-state index in [1.54, 1.807) is 6.08 Å². The van der Waals surface area contributed by atoms with Crippen molar-refractivity contribution in [3.05, 3.63) is 72.9 Å². The van der Waals surface area contributed by atoms with Gasteiger partial charge in [0.2, 0.25) is 5.91 Å². The lowest BCUT2D eigenvalue weighted by Gasteiger charge is -2.29. The third-order valence-corrected chi connectivity index (χ3v) is 10.6. The quantitative estimate of drug-likeness (QED) is 0.0276. The van der Waals surface area contributed by atoms with Crippen molar-refractivity contribution in [1.29, 1.82) is 0 Å². The fourth-order valence-electron chi connectivity index (χ4n) is 6.06. The number of rotatable bonds is 40. The minimum Gasteiger partial charge on any atom is -0.756 e. The smallest absolute Gasteiger partial charge is 0.268 e. The first-order chi connectivity index (χ1) is 27.5. The van der Waals surface area contributed by atoms with Crippen LogP contribution in [0.15, 0.2) is 72.9 Å². The van der Waals surface area contributed by atoms with Crippen molar-refractivity contribution in [3.8, 4) is 0 Å². The van der Waals surface area contributed by atoms with Crippen LogP contribution in [0.1, 0.15) is 174 Å². The van der Waals surface area contributed by atoms with E-state index in [2.05, 4.69) is 67.8 Å². The number of allylic oxidation sites excluding steroid dienone is 11. The number of aliphatic hydroxyl groups is 1. The van der Waals surface area contributed by atoms with Crippen LogP contribution >= 0.6 is 7.82 Å². The highest BCUT2D eigenvalue weighted by atomic mass is 31.2. The highest BCUT2D eigenvalue weighted by molar-refractivity contribution is 7.45. The van der Waals surface area contributed by atoms with E-state index in [4.69, 9.17) is 9.05 Å². The van der Waals surface area contributed by atoms with Crippen LogP contribution in [0.4, 0.5) is 0 Å². The van der Waals surface area contributed by atoms with Gasteiger partial charge in [0.1, 0.15) is 13.2 Å². The average Bonchev–Trinajstić information content (AvgIpc) is 3.16. The number of amides is 1. The van der Waals surface area contributed by atoms with Gasteiger partial charge in [0.15, 0.2) is 0 Å². The Labute approximate surface area is 351 Å². The zero-order chi connectivity index (χ0) is 42.1. The molecule has 0 radical (unpaired) electrons. The summed E-state index contributed by atoms with van der Waals surface area (Å²) in [5.74, 6) is -0.290. The Kier molecular flexibility index (Phi) is 38.0. The molecule has 0 heterocycles. The summed E-state index contributed by atoms with van der Waals surface area (Å²) in [6.45, 7) is 4.44. The molecule has 57 heavy (non-hydrogen) atoms. The maximum absolute atomic E-state index is 12.8. The summed E-state index contributed by atoms with van der Waals surface area (Å²) in [4.78, 5) is 25.2. The summed E-state index contributed by atoms with van der Waals surface area (Å²) in [5.41, 5.74) is 0. The average molecular weight is 819 g/mol. The molecule has 0 aromatic rings. The number of nitrogens with zero attached hydrogens (tertiary/aromatic N) is 1. The molecule has 0 rings (SSSR count). The van der Waals surface area contributed by atoms with Gasteiger partial charge < -0.3 is 28.8 Å². The topological polar surface area (TPSA) is 108 Å². The van der Waals surface area contributed by atoms with Gasteiger partial charge in [-0.25, -0.2) is 0 Å². The van der Waals surface area contributed by atoms with Gasteiger partial charge in [-0.2, -0.15) is 0 Å². The monoisotopic (exact) mass is 819 g/mol. The summed E-state index contributed by atoms with van der Waals surface area (Å²) in [6.07, 6.45) is 52.7. The Morgan fingerprint density at radius 3 is 1.61 bits per heavy atom. The third-order valence-electron chi connectivity index (χ3n) is 9.66. The number of hydrogen-bond acceptors (Lipinski definition) is 6. The number of aliphatic hydroxyl groups excluding tert-OH is 1. The summed E-state index contributed by atoms with van der Waals surface area (Å²) >= 11 is 0. The first-order valence-electron chi connectivity index (χ1n) is 22.8. The summed E-state index contributed by atoms with van der Waals surface area (Å²) < 4.78 is 23.1. The molecule has 0 aromatic carbocycles. The molecule has 0 aliphatic carbocycles. The van der Waals surface area contributed by atoms with Gasteiger partial charge in [0, 0.05) is 6.42 Å². The van der Waals surface area contributed by atoms with Crippen LogP contribution in [0.2, 0.25) is 0 Å². The van der Waals surface area contributed by atoms with E-state index in [9.17, 15) is 19.4 Å². The molecule has 0 bridgehead atoms. The molecule has 3 atom stereocenters. The third kappa shape index (κ3) is 41.9. The van der Waals surface area contributed by atoms with Gasteiger partial charge in [0.25, 0.3) is 7.82 Å². The summed E-state index contributed by atoms with van der Waals surface area (Å²) in [6, 6.07) is -0.944. The molecule has 0 saturated carbocycles. The molecule has 9 heteroatoms. The first-order valence-corrected chi connectivity index (χ1v) is 24.3. The summed E-state index contributed by atoms with van der Waals surface area (Å²) in [5, 5.41) is 13.7. The van der Waals surface area contributed by atoms with Gasteiger partial charge in [-0.3, -0.25) is 9.36 Å². The Morgan fingerprint density at radius 2 is 1.09 bits per heavy atom. The number of carbonyl (C=O) groups is 1. The fraction of sp³-hybridized carbons (Fsp3) is 0.729. The van der Waals surface area contributed by atoms with Crippen LogP contribution in [0.25, 0.3) is 0 Å². The van der Waals surface area contributed by atoms with Crippen LogP contribution in [-0.4, -0.2) is 68.5 Å². The van der Waals surface area contributed by atoms with E-state index in [1.807, 2.05) is 39.4 Å². The number of carbonyl (C=O) groups excluding carboxylic acids is 1. The number of likely N-dealkylation sites (N-methyl/N-ethyl adjacent to an activating group) is 1. The number of unbranched alkanes of at least 4 members (excludes halogenated alkanes) is 17. The first kappa shape index (κ1) is 54.9. The standard InChI is InChI=1S/C48H87N2O6P/c1-6-8-10-12-14-16-18-20-21-22-23-24-25-26-27-28-30-31-33-35-37-39-41-47(51)46(45-56-57(53,54)55-44-43-50(3,4)5)49-48(52)42-40-38-36-34-32-29-19-17-15-13-11-9-7-2/h9,11,15,17,29,31-33,36,38-39,41,46-47,51H,6-8,10,12-14,16,18-28,30,34-35,37,40,42-45H2,1-5H3,(H-,49,52,53,54)/b11-9-,17-15-,32-29-,33-31+,38-36-,41-39+. The number of quaternary nitrogens is 1. The van der Waals surface area contributed by atoms with E-state index in [0.717, 1.165) is 44.9 Å². The predicted octanol–water partition coefficient (Wildman–Crippen LogP) is 12.2. The van der Waals surface area contributed by atoms with Gasteiger partial charge in [-0.15, -0.1) is 0 Å². The van der Waals surface area contributed by atoms with Crippen molar-refractivity contribution in [2.24, 2.45) is 0 Å². The largest absolute Gasteiger partial charge is 0.756 e. The van der Waals surface area contributed by atoms with Gasteiger partial charge in [0.05, 0.1) is 39.9 Å². The Morgan fingerprint density at radius 1 is 0.632 bits per heavy atom. The Hall–Kier alpha value is -2.06. The molecular weight excluding hydrogens is 732 g/mol. The van der Waals surface area contributed by atoms with Crippen LogP contribution in [-0.2, 0) is 18.4 Å². The van der Waals surface area contributed by atoms with Crippen molar-refractivity contribution in [1.82, 2.24) is 5.32 Å². The summed E-state index contributed by atoms with van der Waals surface area (Å²) in [7, 11) is 1.19. The maximum Gasteiger partial charge on any atom is 0.268 e. The van der Waals surface area contributed by atoms with E-state index >= 15 is 0 Å². The number of phosphoric acid groups is 1. The SMILES string of the molecule is CC/C=C\C/C=C\C/C=C\C/C=C\CCC(=O)NC(COP(=O)([O-])OCC[N+](C)(C)C)C(O)/C=C/CC/C=C/CCCCCCCCCCCCCCCCCC. The zero-order valence-corrected chi connectivity index (χ0v) is 38.2. The molecular formula is C48H87N2O6P. The Bertz CT molecular complexity index is 1160. The molecule has 0 fully saturated rings. The molecule has 8 nitrogen and oxygen atoms in total. The predicted molar refractivity (Wildman–Crippen MR) is 242 cm³/mol. The number of hydrogen-bond donors (Lipinski definition) is 2. The highest BCUT2D eigenvalue weighted by Crippen LogP contribution is 2.38. The van der Waals surface area contributed by atoms with E-state index in [0.29, 0.717) is 17.4 Å². The molecule has 0 aromatic heterocycles. The minimum absolute atomic E-state index is 0.0222. The molecule has 330 valence electrons. The Balaban J connectivity index is 4.49. The zero-order valence-electron chi connectivity index (χ0n) is 37.3. The maximum atomic E-state index is 12.8. The molecule has 3 unspecified atom stereocenters. The van der Waals surface area contributed by atoms with Crippen LogP contribution in [0, 0.1) is 0 Å². The second kappa shape index (κ2) is 39.4. The second-order valence-electron chi connectivity index (χ2n) is 16.4. The lowest BCUT2D eigenvalue weighted by atomic mass is 10.0. The van der Waals surface area contributed by atoms with E-state index in [1.165, 1.54) is 103 Å².